The van der Waals surface area contributed by atoms with Gasteiger partial charge in [-0.1, -0.05) is 13.8 Å². The fourth-order valence-corrected chi connectivity index (χ4v) is 2.97. The van der Waals surface area contributed by atoms with E-state index in [9.17, 15) is 50.4 Å². The predicted octanol–water partition coefficient (Wildman–Crippen LogP) is -6.76. The molecular formula is C20H41N3O12. The predicted molar refractivity (Wildman–Crippen MR) is 120 cm³/mol. The first-order valence-corrected chi connectivity index (χ1v) is 11.2. The van der Waals surface area contributed by atoms with Crippen molar-refractivity contribution < 1.29 is 60.7 Å². The Balaban J connectivity index is 4.73. The molecule has 35 heavy (non-hydrogen) atoms. The zero-order valence-corrected chi connectivity index (χ0v) is 19.8. The van der Waals surface area contributed by atoms with Crippen molar-refractivity contribution in [3.63, 3.8) is 0 Å². The third-order valence-electron chi connectivity index (χ3n) is 5.16. The molecule has 0 aliphatic heterocycles. The van der Waals surface area contributed by atoms with Crippen molar-refractivity contribution in [2.45, 2.75) is 87.6 Å². The van der Waals surface area contributed by atoms with Gasteiger partial charge in [0.1, 0.15) is 36.6 Å². The van der Waals surface area contributed by atoms with Gasteiger partial charge in [-0.3, -0.25) is 9.59 Å². The lowest BCUT2D eigenvalue weighted by Gasteiger charge is -2.27. The van der Waals surface area contributed by atoms with Crippen LogP contribution in [0.3, 0.4) is 0 Å². The van der Waals surface area contributed by atoms with Gasteiger partial charge >= 0.3 is 0 Å². The van der Waals surface area contributed by atoms with E-state index in [-0.39, 0.29) is 18.9 Å². The molecule has 0 fully saturated rings. The normalized spacial score (nSPS) is 19.7. The fraction of sp³-hybridized carbons (Fsp3) is 0.900. The molecule has 13 N–H and O–H groups in total. The highest BCUT2D eigenvalue weighted by molar-refractivity contribution is 5.83. The highest BCUT2D eigenvalue weighted by Gasteiger charge is 2.32. The smallest absolute Gasteiger partial charge is 0.237 e. The van der Waals surface area contributed by atoms with Crippen molar-refractivity contribution >= 4 is 11.8 Å². The van der Waals surface area contributed by atoms with Crippen LogP contribution in [0.1, 0.15) is 26.7 Å². The highest BCUT2D eigenvalue weighted by atomic mass is 16.4. The topological polar surface area (TPSA) is 273 Å². The van der Waals surface area contributed by atoms with Crippen LogP contribution in [0.4, 0.5) is 0 Å². The molecule has 1 unspecified atom stereocenters. The maximum atomic E-state index is 12.5. The van der Waals surface area contributed by atoms with E-state index in [0.717, 1.165) is 0 Å². The minimum atomic E-state index is -1.85. The summed E-state index contributed by atoms with van der Waals surface area (Å²) in [5, 5.41) is 102. The quantitative estimate of drug-likeness (QED) is 0.0809. The van der Waals surface area contributed by atoms with Crippen molar-refractivity contribution in [3.8, 4) is 0 Å². The monoisotopic (exact) mass is 515 g/mol. The Bertz CT molecular complexity index is 614. The molecule has 15 nitrogen and oxygen atoms in total. The Morgan fingerprint density at radius 3 is 1.46 bits per heavy atom. The molecule has 0 rings (SSSR count). The molecule has 9 atom stereocenters. The molecule has 0 aliphatic rings. The Morgan fingerprint density at radius 2 is 1.06 bits per heavy atom. The van der Waals surface area contributed by atoms with Crippen LogP contribution in [0.25, 0.3) is 0 Å². The summed E-state index contributed by atoms with van der Waals surface area (Å²) in [4.78, 5) is 24.6. The van der Waals surface area contributed by atoms with Gasteiger partial charge in [0.25, 0.3) is 0 Å². The molecule has 0 aromatic carbocycles. The summed E-state index contributed by atoms with van der Waals surface area (Å²) in [5.41, 5.74) is 0. The summed E-state index contributed by atoms with van der Waals surface area (Å²) in [6.07, 6.45) is -14.3. The molecule has 208 valence electrons. The lowest BCUT2D eigenvalue weighted by molar-refractivity contribution is -0.128. The fourth-order valence-electron chi connectivity index (χ4n) is 2.97. The standard InChI is InChI=1S/C20H41N3O12/c1-9(2)23-10(20(35)22-6-12(27)17(32)19(34)14(29)8-25)3-4-15(30)21-5-11(26)16(31)18(33)13(28)7-24/h9-14,16-19,23-29,31-34H,3-8H2,1-2H3,(H,21,30)(H,22,35)/t10?,11-,12-,13+,14+,16+,17+,18+,19+/m0/s1. The average molecular weight is 516 g/mol. The maximum Gasteiger partial charge on any atom is 0.237 e. The Hall–Kier alpha value is -1.50. The zero-order chi connectivity index (χ0) is 27.3. The largest absolute Gasteiger partial charge is 0.394 e. The van der Waals surface area contributed by atoms with Crippen molar-refractivity contribution in [1.29, 1.82) is 0 Å². The number of rotatable bonds is 18. The summed E-state index contributed by atoms with van der Waals surface area (Å²) >= 11 is 0. The van der Waals surface area contributed by atoms with Crippen LogP contribution in [0.5, 0.6) is 0 Å². The van der Waals surface area contributed by atoms with Gasteiger partial charge in [-0.25, -0.2) is 0 Å². The first-order valence-electron chi connectivity index (χ1n) is 11.2. The molecular weight excluding hydrogens is 474 g/mol. The summed E-state index contributed by atoms with van der Waals surface area (Å²) < 4.78 is 0. The van der Waals surface area contributed by atoms with Gasteiger partial charge in [-0.15, -0.1) is 0 Å². The van der Waals surface area contributed by atoms with Crippen LogP contribution in [-0.2, 0) is 9.59 Å². The van der Waals surface area contributed by atoms with Crippen molar-refractivity contribution in [1.82, 2.24) is 16.0 Å². The van der Waals surface area contributed by atoms with Crippen molar-refractivity contribution in [2.24, 2.45) is 0 Å². The Labute approximate surface area is 203 Å². The second-order valence-corrected chi connectivity index (χ2v) is 8.56. The number of hydrogen-bond donors (Lipinski definition) is 13. The molecule has 0 radical (unpaired) electrons. The van der Waals surface area contributed by atoms with Gasteiger partial charge < -0.3 is 67.0 Å². The van der Waals surface area contributed by atoms with Gasteiger partial charge in [0.05, 0.1) is 31.5 Å². The van der Waals surface area contributed by atoms with Gasteiger partial charge in [-0.05, 0) is 6.42 Å². The molecule has 0 aliphatic carbocycles. The first-order chi connectivity index (χ1) is 16.3. The van der Waals surface area contributed by atoms with Crippen LogP contribution in [0.15, 0.2) is 0 Å². The molecule has 2 amide bonds. The summed E-state index contributed by atoms with van der Waals surface area (Å²) in [6.45, 7) is 0.830. The minimum absolute atomic E-state index is 0.0230. The van der Waals surface area contributed by atoms with E-state index in [2.05, 4.69) is 16.0 Å². The molecule has 15 heteroatoms. The van der Waals surface area contributed by atoms with E-state index in [1.807, 2.05) is 0 Å². The molecule has 0 saturated carbocycles. The minimum Gasteiger partial charge on any atom is -0.394 e. The van der Waals surface area contributed by atoms with E-state index in [0.29, 0.717) is 0 Å². The lowest BCUT2D eigenvalue weighted by Crippen LogP contribution is -2.53. The molecule has 0 aromatic rings. The van der Waals surface area contributed by atoms with Crippen LogP contribution >= 0.6 is 0 Å². The van der Waals surface area contributed by atoms with Crippen molar-refractivity contribution in [2.75, 3.05) is 26.3 Å². The van der Waals surface area contributed by atoms with Crippen molar-refractivity contribution in [3.05, 3.63) is 0 Å². The maximum absolute atomic E-state index is 12.5. The summed E-state index contributed by atoms with van der Waals surface area (Å²) in [7, 11) is 0. The van der Waals surface area contributed by atoms with E-state index in [4.69, 9.17) is 10.2 Å². The van der Waals surface area contributed by atoms with E-state index in [1.165, 1.54) is 0 Å². The third kappa shape index (κ3) is 12.3. The molecule has 0 heterocycles. The van der Waals surface area contributed by atoms with Crippen LogP contribution < -0.4 is 16.0 Å². The van der Waals surface area contributed by atoms with E-state index < -0.39 is 93.0 Å². The molecule has 0 saturated heterocycles. The average Bonchev–Trinajstić information content (AvgIpc) is 2.84. The van der Waals surface area contributed by atoms with Gasteiger partial charge in [-0.2, -0.15) is 0 Å². The van der Waals surface area contributed by atoms with Gasteiger partial charge in [0.15, 0.2) is 0 Å². The highest BCUT2D eigenvalue weighted by Crippen LogP contribution is 2.07. The Morgan fingerprint density at radius 1 is 0.657 bits per heavy atom. The number of hydrogen-bond acceptors (Lipinski definition) is 13. The number of aliphatic hydroxyl groups excluding tert-OH is 10. The number of amides is 2. The number of aliphatic hydroxyl groups is 10. The van der Waals surface area contributed by atoms with Crippen LogP contribution in [-0.4, -0.2) is 150 Å². The number of nitrogens with one attached hydrogen (secondary N) is 3. The van der Waals surface area contributed by atoms with Crippen LogP contribution in [0, 0.1) is 0 Å². The third-order valence-corrected chi connectivity index (χ3v) is 5.16. The van der Waals surface area contributed by atoms with Crippen LogP contribution in [0.2, 0.25) is 0 Å². The van der Waals surface area contributed by atoms with E-state index >= 15 is 0 Å². The second kappa shape index (κ2) is 17.0. The molecule has 0 spiro atoms. The first kappa shape index (κ1) is 33.5. The lowest BCUT2D eigenvalue weighted by atomic mass is 10.0. The van der Waals surface area contributed by atoms with Gasteiger partial charge in [0.2, 0.25) is 11.8 Å². The van der Waals surface area contributed by atoms with E-state index in [1.54, 1.807) is 13.8 Å². The zero-order valence-electron chi connectivity index (χ0n) is 19.8. The second-order valence-electron chi connectivity index (χ2n) is 8.56. The van der Waals surface area contributed by atoms with Gasteiger partial charge in [0, 0.05) is 25.6 Å². The number of carbonyl (C=O) groups excluding carboxylic acids is 2. The molecule has 0 aromatic heterocycles. The summed E-state index contributed by atoms with van der Waals surface area (Å²) in [5.74, 6) is -1.24. The summed E-state index contributed by atoms with van der Waals surface area (Å²) in [6, 6.07) is -1.09. The SMILES string of the molecule is CC(C)NC(CCC(=O)NC[C@H](O)[C@@H](O)[C@H](O)[C@H](O)CO)C(=O)NC[C@H](O)[C@@H](O)[C@H](O)[C@H](O)CO. The Kier molecular flexibility index (Phi) is 16.3. The number of carbonyl (C=O) groups is 2. The molecule has 0 bridgehead atoms.